The van der Waals surface area contributed by atoms with Crippen molar-refractivity contribution in [3.63, 3.8) is 0 Å². The van der Waals surface area contributed by atoms with E-state index >= 15 is 0 Å². The summed E-state index contributed by atoms with van der Waals surface area (Å²) in [7, 11) is 3.36. The summed E-state index contributed by atoms with van der Waals surface area (Å²) in [4.78, 5) is 12.3. The molecule has 4 nitrogen and oxygen atoms in total. The van der Waals surface area contributed by atoms with Crippen LogP contribution in [0.4, 0.5) is 0 Å². The van der Waals surface area contributed by atoms with Crippen molar-refractivity contribution in [3.8, 4) is 0 Å². The number of carbonyl (C=O) groups excluding carboxylic acids is 1. The van der Waals surface area contributed by atoms with E-state index in [1.807, 2.05) is 0 Å². The first-order chi connectivity index (χ1) is 7.10. The normalized spacial score (nSPS) is 18.6. The molecule has 0 N–H and O–H groups in total. The third-order valence-corrected chi connectivity index (χ3v) is 3.66. The van der Waals surface area contributed by atoms with E-state index in [9.17, 15) is 4.79 Å². The number of rotatable bonds is 3. The molecule has 0 saturated heterocycles. The van der Waals surface area contributed by atoms with Crippen LogP contribution in [-0.2, 0) is 11.8 Å². The van der Waals surface area contributed by atoms with Crippen molar-refractivity contribution < 1.29 is 9.53 Å². The third kappa shape index (κ3) is 1.54. The lowest BCUT2D eigenvalue weighted by Gasteiger charge is -2.38. The number of aromatic nitrogens is 2. The first-order valence-electron chi connectivity index (χ1n) is 4.88. The maximum absolute atomic E-state index is 12.3. The van der Waals surface area contributed by atoms with Crippen LogP contribution in [0, 0.1) is 0 Å². The number of Topliss-reactive ketones (excluding diaryl/α,β-unsaturated/α-hetero) is 1. The summed E-state index contributed by atoms with van der Waals surface area (Å²) < 4.78 is 7.68. The molecule has 1 aliphatic rings. The Morgan fingerprint density at radius 1 is 1.67 bits per heavy atom. The highest BCUT2D eigenvalue weighted by Crippen LogP contribution is 2.38. The Balaban J connectivity index is 2.35. The largest absolute Gasteiger partial charge is 0.370 e. The first kappa shape index (κ1) is 10.8. The van der Waals surface area contributed by atoms with Gasteiger partial charge in [-0.25, -0.2) is 0 Å². The van der Waals surface area contributed by atoms with Crippen molar-refractivity contribution in [1.82, 2.24) is 9.78 Å². The maximum atomic E-state index is 12.3. The lowest BCUT2D eigenvalue weighted by atomic mass is 9.76. The van der Waals surface area contributed by atoms with Gasteiger partial charge in [0.05, 0.1) is 10.7 Å². The molecule has 5 heteroatoms. The van der Waals surface area contributed by atoms with Crippen LogP contribution in [0.2, 0.25) is 0 Å². The molecule has 0 unspecified atom stereocenters. The second-order valence-electron chi connectivity index (χ2n) is 3.85. The van der Waals surface area contributed by atoms with Gasteiger partial charge in [-0.2, -0.15) is 5.10 Å². The van der Waals surface area contributed by atoms with E-state index in [1.165, 1.54) is 0 Å². The number of hydrogen-bond donors (Lipinski definition) is 0. The predicted octanol–water partition coefficient (Wildman–Crippen LogP) is 1.93. The number of ketones is 1. The van der Waals surface area contributed by atoms with Crippen LogP contribution < -0.4 is 0 Å². The van der Waals surface area contributed by atoms with Gasteiger partial charge in [0.2, 0.25) is 5.78 Å². The SMILES string of the molecule is COC1(C(=O)c2c(Br)cnn2C)CCC1. The molecule has 0 spiro atoms. The quantitative estimate of drug-likeness (QED) is 0.790. The molecule has 0 aromatic carbocycles. The summed E-state index contributed by atoms with van der Waals surface area (Å²) in [6, 6.07) is 0. The zero-order valence-corrected chi connectivity index (χ0v) is 10.4. The molecule has 1 fully saturated rings. The maximum Gasteiger partial charge on any atom is 0.213 e. The third-order valence-electron chi connectivity index (χ3n) is 3.07. The fourth-order valence-corrected chi connectivity index (χ4v) is 2.43. The van der Waals surface area contributed by atoms with Crippen LogP contribution in [0.25, 0.3) is 0 Å². The fourth-order valence-electron chi connectivity index (χ4n) is 1.90. The van der Waals surface area contributed by atoms with Gasteiger partial charge in [0.25, 0.3) is 0 Å². The first-order valence-corrected chi connectivity index (χ1v) is 5.67. The Hall–Kier alpha value is -0.680. The van der Waals surface area contributed by atoms with Gasteiger partial charge >= 0.3 is 0 Å². The van der Waals surface area contributed by atoms with Gasteiger partial charge in [0.1, 0.15) is 11.3 Å². The molecule has 15 heavy (non-hydrogen) atoms. The van der Waals surface area contributed by atoms with Crippen LogP contribution in [0.1, 0.15) is 29.8 Å². The Labute approximate surface area is 96.7 Å². The average Bonchev–Trinajstić information content (AvgIpc) is 2.45. The monoisotopic (exact) mass is 272 g/mol. The van der Waals surface area contributed by atoms with Gasteiger partial charge in [-0.05, 0) is 35.2 Å². The summed E-state index contributed by atoms with van der Waals surface area (Å²) in [5.41, 5.74) is -0.00685. The summed E-state index contributed by atoms with van der Waals surface area (Å²) in [6.07, 6.45) is 4.30. The van der Waals surface area contributed by atoms with Crippen molar-refractivity contribution in [2.45, 2.75) is 24.9 Å². The van der Waals surface area contributed by atoms with Crippen molar-refractivity contribution >= 4 is 21.7 Å². The van der Waals surface area contributed by atoms with Gasteiger partial charge in [-0.3, -0.25) is 9.48 Å². The Morgan fingerprint density at radius 2 is 2.33 bits per heavy atom. The van der Waals surface area contributed by atoms with E-state index in [4.69, 9.17) is 4.74 Å². The summed E-state index contributed by atoms with van der Waals surface area (Å²) in [6.45, 7) is 0. The highest BCUT2D eigenvalue weighted by molar-refractivity contribution is 9.10. The molecule has 1 aromatic heterocycles. The topological polar surface area (TPSA) is 44.1 Å². The standard InChI is InChI=1S/C10H13BrN2O2/c1-13-8(7(11)6-12-13)9(14)10(15-2)4-3-5-10/h6H,3-5H2,1-2H3. The van der Waals surface area contributed by atoms with E-state index in [2.05, 4.69) is 21.0 Å². The smallest absolute Gasteiger partial charge is 0.213 e. The van der Waals surface area contributed by atoms with Crippen LogP contribution in [0.5, 0.6) is 0 Å². The summed E-state index contributed by atoms with van der Waals surface area (Å²) in [5, 5.41) is 4.04. The molecule has 0 atom stereocenters. The van der Waals surface area contributed by atoms with Gasteiger partial charge in [0, 0.05) is 14.2 Å². The molecule has 1 aromatic rings. The number of halogens is 1. The van der Waals surface area contributed by atoms with E-state index in [0.717, 1.165) is 23.7 Å². The zero-order valence-electron chi connectivity index (χ0n) is 8.79. The van der Waals surface area contributed by atoms with E-state index in [0.29, 0.717) is 5.69 Å². The molecule has 0 aliphatic heterocycles. The number of methoxy groups -OCH3 is 1. The van der Waals surface area contributed by atoms with Gasteiger partial charge in [-0.15, -0.1) is 0 Å². The predicted molar refractivity (Wildman–Crippen MR) is 58.8 cm³/mol. The van der Waals surface area contributed by atoms with Crippen LogP contribution in [-0.4, -0.2) is 28.3 Å². The number of carbonyl (C=O) groups is 1. The molecular formula is C10H13BrN2O2. The Bertz CT molecular complexity index is 371. The van der Waals surface area contributed by atoms with Gasteiger partial charge in [-0.1, -0.05) is 0 Å². The van der Waals surface area contributed by atoms with Crippen molar-refractivity contribution in [3.05, 3.63) is 16.4 Å². The second-order valence-corrected chi connectivity index (χ2v) is 4.70. The van der Waals surface area contributed by atoms with E-state index in [-0.39, 0.29) is 5.78 Å². The fraction of sp³-hybridized carbons (Fsp3) is 0.600. The van der Waals surface area contributed by atoms with Crippen molar-refractivity contribution in [2.75, 3.05) is 7.11 Å². The highest BCUT2D eigenvalue weighted by Gasteiger charge is 2.46. The van der Waals surface area contributed by atoms with E-state index < -0.39 is 5.60 Å². The minimum atomic E-state index is -0.601. The van der Waals surface area contributed by atoms with Crippen molar-refractivity contribution in [2.24, 2.45) is 7.05 Å². The molecule has 2 rings (SSSR count). The molecule has 0 amide bonds. The molecule has 1 saturated carbocycles. The van der Waals surface area contributed by atoms with Gasteiger partial charge in [0.15, 0.2) is 0 Å². The van der Waals surface area contributed by atoms with Crippen LogP contribution in [0.15, 0.2) is 10.7 Å². The van der Waals surface area contributed by atoms with Crippen LogP contribution in [0.3, 0.4) is 0 Å². The average molecular weight is 273 g/mol. The number of hydrogen-bond acceptors (Lipinski definition) is 3. The lowest BCUT2D eigenvalue weighted by molar-refractivity contribution is -0.0454. The molecule has 1 heterocycles. The molecule has 1 aliphatic carbocycles. The second kappa shape index (κ2) is 3.72. The minimum Gasteiger partial charge on any atom is -0.370 e. The number of aryl methyl sites for hydroxylation is 1. The summed E-state index contributed by atoms with van der Waals surface area (Å²) >= 11 is 3.33. The highest BCUT2D eigenvalue weighted by atomic mass is 79.9. The minimum absolute atomic E-state index is 0.0307. The Morgan fingerprint density at radius 3 is 2.67 bits per heavy atom. The number of ether oxygens (including phenoxy) is 1. The van der Waals surface area contributed by atoms with Gasteiger partial charge < -0.3 is 4.74 Å². The Kier molecular flexibility index (Phi) is 2.68. The van der Waals surface area contributed by atoms with Crippen LogP contribution >= 0.6 is 15.9 Å². The molecule has 0 bridgehead atoms. The lowest BCUT2D eigenvalue weighted by Crippen LogP contribution is -2.47. The molecular weight excluding hydrogens is 260 g/mol. The van der Waals surface area contributed by atoms with Crippen molar-refractivity contribution in [1.29, 1.82) is 0 Å². The number of nitrogens with zero attached hydrogens (tertiary/aromatic N) is 2. The summed E-state index contributed by atoms with van der Waals surface area (Å²) in [5.74, 6) is 0.0307. The van der Waals surface area contributed by atoms with E-state index in [1.54, 1.807) is 25.0 Å². The molecule has 82 valence electrons. The molecule has 0 radical (unpaired) electrons. The zero-order chi connectivity index (χ0) is 11.1.